The van der Waals surface area contributed by atoms with Crippen LogP contribution in [0.2, 0.25) is 0 Å². The van der Waals surface area contributed by atoms with E-state index in [2.05, 4.69) is 10.4 Å². The van der Waals surface area contributed by atoms with Gasteiger partial charge < -0.3 is 9.73 Å². The lowest BCUT2D eigenvalue weighted by molar-refractivity contribution is 0.0904. The predicted octanol–water partition coefficient (Wildman–Crippen LogP) is 2.37. The third kappa shape index (κ3) is 2.20. The Kier molecular flexibility index (Phi) is 2.77. The highest BCUT2D eigenvalue weighted by atomic mass is 16.3. The van der Waals surface area contributed by atoms with Crippen molar-refractivity contribution in [1.29, 1.82) is 0 Å². The number of rotatable bonds is 2. The average molecular weight is 281 g/mol. The van der Waals surface area contributed by atoms with Gasteiger partial charge in [0.05, 0.1) is 0 Å². The second kappa shape index (κ2) is 4.77. The predicted molar refractivity (Wildman–Crippen MR) is 78.0 cm³/mol. The normalized spacial score (nSPS) is 17.6. The molecule has 1 aromatic carbocycles. The highest BCUT2D eigenvalue weighted by molar-refractivity contribution is 5.96. The van der Waals surface area contributed by atoms with E-state index >= 15 is 0 Å². The topological polar surface area (TPSA) is 60.1 Å². The Morgan fingerprint density at radius 3 is 3.14 bits per heavy atom. The number of amides is 1. The summed E-state index contributed by atoms with van der Waals surface area (Å²) in [6.07, 6.45) is 3.51. The molecule has 106 valence electrons. The minimum Gasteiger partial charge on any atom is -0.451 e. The van der Waals surface area contributed by atoms with Crippen molar-refractivity contribution >= 4 is 16.9 Å². The van der Waals surface area contributed by atoms with Crippen molar-refractivity contribution in [3.63, 3.8) is 0 Å². The molecule has 0 aliphatic carbocycles. The molecule has 4 rings (SSSR count). The smallest absolute Gasteiger partial charge is 0.287 e. The van der Waals surface area contributed by atoms with E-state index in [-0.39, 0.29) is 11.9 Å². The van der Waals surface area contributed by atoms with Crippen LogP contribution >= 0.6 is 0 Å². The molecular formula is C16H15N3O2. The van der Waals surface area contributed by atoms with Crippen LogP contribution in [0.4, 0.5) is 0 Å². The zero-order valence-corrected chi connectivity index (χ0v) is 11.5. The Hall–Kier alpha value is -2.56. The summed E-state index contributed by atoms with van der Waals surface area (Å²) in [5.74, 6) is 0.222. The van der Waals surface area contributed by atoms with Gasteiger partial charge >= 0.3 is 0 Å². The van der Waals surface area contributed by atoms with Crippen LogP contribution < -0.4 is 5.32 Å². The van der Waals surface area contributed by atoms with Gasteiger partial charge in [0.1, 0.15) is 5.58 Å². The molecule has 0 bridgehead atoms. The molecule has 0 spiro atoms. The van der Waals surface area contributed by atoms with Crippen LogP contribution in [0.5, 0.6) is 0 Å². The third-order valence-corrected chi connectivity index (χ3v) is 3.93. The van der Waals surface area contributed by atoms with Crippen molar-refractivity contribution in [3.05, 3.63) is 54.0 Å². The molecule has 0 radical (unpaired) electrons. The van der Waals surface area contributed by atoms with Crippen LogP contribution in [-0.4, -0.2) is 21.7 Å². The SMILES string of the molecule is O=C(N[C@@H]1CCn2nccc2C1)c1cc2ccccc2o1. The summed E-state index contributed by atoms with van der Waals surface area (Å²) in [4.78, 5) is 12.3. The molecule has 21 heavy (non-hydrogen) atoms. The second-order valence-electron chi connectivity index (χ2n) is 5.36. The average Bonchev–Trinajstić information content (AvgIpc) is 3.13. The fourth-order valence-electron chi connectivity index (χ4n) is 2.84. The van der Waals surface area contributed by atoms with E-state index in [1.807, 2.05) is 35.0 Å². The number of carbonyl (C=O) groups is 1. The van der Waals surface area contributed by atoms with Gasteiger partial charge in [0.25, 0.3) is 5.91 Å². The van der Waals surface area contributed by atoms with Gasteiger partial charge in [-0.1, -0.05) is 18.2 Å². The Balaban J connectivity index is 1.51. The molecule has 5 nitrogen and oxygen atoms in total. The maximum absolute atomic E-state index is 12.3. The summed E-state index contributed by atoms with van der Waals surface area (Å²) in [5, 5.41) is 8.24. The van der Waals surface area contributed by atoms with Gasteiger partial charge in [-0.25, -0.2) is 0 Å². The van der Waals surface area contributed by atoms with E-state index in [4.69, 9.17) is 4.42 Å². The number of aromatic nitrogens is 2. The van der Waals surface area contributed by atoms with Gasteiger partial charge in [0.15, 0.2) is 5.76 Å². The number of aryl methyl sites for hydroxylation is 1. The molecule has 0 saturated carbocycles. The summed E-state index contributed by atoms with van der Waals surface area (Å²) < 4.78 is 7.59. The van der Waals surface area contributed by atoms with Crippen molar-refractivity contribution in [3.8, 4) is 0 Å². The fourth-order valence-corrected chi connectivity index (χ4v) is 2.84. The third-order valence-electron chi connectivity index (χ3n) is 3.93. The molecule has 0 saturated heterocycles. The van der Waals surface area contributed by atoms with Crippen molar-refractivity contribution < 1.29 is 9.21 Å². The summed E-state index contributed by atoms with van der Waals surface area (Å²) in [5.41, 5.74) is 1.90. The highest BCUT2D eigenvalue weighted by Gasteiger charge is 2.22. The van der Waals surface area contributed by atoms with Gasteiger partial charge in [-0.15, -0.1) is 0 Å². The van der Waals surface area contributed by atoms with E-state index < -0.39 is 0 Å². The molecule has 1 aliphatic heterocycles. The summed E-state index contributed by atoms with van der Waals surface area (Å²) in [6, 6.07) is 11.6. The van der Waals surface area contributed by atoms with Gasteiger partial charge in [-0.05, 0) is 24.6 Å². The van der Waals surface area contributed by atoms with Crippen LogP contribution in [0, 0.1) is 0 Å². The Morgan fingerprint density at radius 2 is 2.24 bits per heavy atom. The summed E-state index contributed by atoms with van der Waals surface area (Å²) in [6.45, 7) is 0.841. The fraction of sp³-hybridized carbons (Fsp3) is 0.250. The molecule has 2 aromatic heterocycles. The largest absolute Gasteiger partial charge is 0.451 e. The molecule has 1 atom stereocenters. The van der Waals surface area contributed by atoms with Crippen LogP contribution in [0.1, 0.15) is 22.7 Å². The van der Waals surface area contributed by atoms with Gasteiger partial charge in [-0.3, -0.25) is 9.48 Å². The number of furan rings is 1. The number of carbonyl (C=O) groups excluding carboxylic acids is 1. The molecule has 3 aromatic rings. The maximum atomic E-state index is 12.3. The Labute approximate surface area is 121 Å². The molecule has 1 aliphatic rings. The van der Waals surface area contributed by atoms with Crippen LogP contribution in [0.25, 0.3) is 11.0 Å². The second-order valence-corrected chi connectivity index (χ2v) is 5.36. The minimum atomic E-state index is -0.149. The van der Waals surface area contributed by atoms with E-state index in [1.54, 1.807) is 12.3 Å². The minimum absolute atomic E-state index is 0.134. The number of nitrogens with zero attached hydrogens (tertiary/aromatic N) is 2. The van der Waals surface area contributed by atoms with Gasteiger partial charge in [0.2, 0.25) is 0 Å². The first-order chi connectivity index (χ1) is 10.3. The number of hydrogen-bond donors (Lipinski definition) is 1. The quantitative estimate of drug-likeness (QED) is 0.784. The Bertz CT molecular complexity index is 770. The first-order valence-corrected chi connectivity index (χ1v) is 7.10. The zero-order chi connectivity index (χ0) is 14.2. The molecule has 5 heteroatoms. The van der Waals surface area contributed by atoms with Gasteiger partial charge in [0, 0.05) is 36.3 Å². The lowest BCUT2D eigenvalue weighted by Gasteiger charge is -2.23. The highest BCUT2D eigenvalue weighted by Crippen LogP contribution is 2.20. The van der Waals surface area contributed by atoms with Crippen LogP contribution in [0.15, 0.2) is 47.0 Å². The number of hydrogen-bond acceptors (Lipinski definition) is 3. The van der Waals surface area contributed by atoms with E-state index in [1.165, 1.54) is 0 Å². The van der Waals surface area contributed by atoms with Gasteiger partial charge in [-0.2, -0.15) is 5.10 Å². The Morgan fingerprint density at radius 1 is 1.33 bits per heavy atom. The molecule has 1 amide bonds. The number of benzene rings is 1. The van der Waals surface area contributed by atoms with Crippen molar-refractivity contribution in [2.24, 2.45) is 0 Å². The molecular weight excluding hydrogens is 266 g/mol. The first kappa shape index (κ1) is 12.2. The van der Waals surface area contributed by atoms with E-state index in [9.17, 15) is 4.79 Å². The lowest BCUT2D eigenvalue weighted by Crippen LogP contribution is -2.40. The van der Waals surface area contributed by atoms with Crippen LogP contribution in [0.3, 0.4) is 0 Å². The van der Waals surface area contributed by atoms with Crippen molar-refractivity contribution in [2.45, 2.75) is 25.4 Å². The van der Waals surface area contributed by atoms with Crippen molar-refractivity contribution in [1.82, 2.24) is 15.1 Å². The standard InChI is InChI=1S/C16H15N3O2/c20-16(15-9-11-3-1-2-4-14(11)21-15)18-12-6-8-19-13(10-12)5-7-17-19/h1-5,7,9,12H,6,8,10H2,(H,18,20)/t12-/m1/s1. The molecule has 0 unspecified atom stereocenters. The number of nitrogens with one attached hydrogen (secondary N) is 1. The molecule has 1 N–H and O–H groups in total. The molecule has 0 fully saturated rings. The van der Waals surface area contributed by atoms with E-state index in [0.717, 1.165) is 36.0 Å². The van der Waals surface area contributed by atoms with E-state index in [0.29, 0.717) is 5.76 Å². The number of fused-ring (bicyclic) bond motifs is 2. The zero-order valence-electron chi connectivity index (χ0n) is 11.5. The first-order valence-electron chi connectivity index (χ1n) is 7.10. The summed E-state index contributed by atoms with van der Waals surface area (Å²) in [7, 11) is 0. The summed E-state index contributed by atoms with van der Waals surface area (Å²) >= 11 is 0. The number of para-hydroxylation sites is 1. The van der Waals surface area contributed by atoms with Crippen molar-refractivity contribution in [2.75, 3.05) is 0 Å². The lowest BCUT2D eigenvalue weighted by atomic mass is 10.0. The monoisotopic (exact) mass is 281 g/mol. The maximum Gasteiger partial charge on any atom is 0.287 e. The molecule has 3 heterocycles. The van der Waals surface area contributed by atoms with Crippen LogP contribution in [-0.2, 0) is 13.0 Å².